The van der Waals surface area contributed by atoms with Gasteiger partial charge in [0.2, 0.25) is 0 Å². The molecule has 1 aliphatic rings. The molecule has 3 rings (SSSR count). The molecule has 8 heteroatoms. The van der Waals surface area contributed by atoms with Gasteiger partial charge in [-0.15, -0.1) is 10.2 Å². The highest BCUT2D eigenvalue weighted by atomic mass is 19.3. The van der Waals surface area contributed by atoms with E-state index in [1.807, 2.05) is 11.6 Å². The van der Waals surface area contributed by atoms with Gasteiger partial charge in [-0.2, -0.15) is 0 Å². The molecule has 1 aliphatic heterocycles. The number of aromatic nitrogens is 3. The second-order valence-electron chi connectivity index (χ2n) is 6.26. The van der Waals surface area contributed by atoms with Crippen molar-refractivity contribution in [3.8, 4) is 0 Å². The van der Waals surface area contributed by atoms with Crippen LogP contribution in [-0.4, -0.2) is 38.8 Å². The number of likely N-dealkylation sites (tertiary alicyclic amines) is 1. The molecule has 0 saturated carbocycles. The number of piperidine rings is 1. The first kappa shape index (κ1) is 17.3. The Balaban J connectivity index is 1.47. The molecule has 1 saturated heterocycles. The van der Waals surface area contributed by atoms with Gasteiger partial charge in [-0.3, -0.25) is 0 Å². The van der Waals surface area contributed by atoms with Crippen LogP contribution in [0.3, 0.4) is 0 Å². The monoisotopic (exact) mass is 349 g/mol. The predicted molar refractivity (Wildman–Crippen MR) is 88.2 cm³/mol. The number of aryl methyl sites for hydroxylation is 1. The van der Waals surface area contributed by atoms with Crippen LogP contribution in [0, 0.1) is 0 Å². The molecule has 0 atom stereocenters. The maximum absolute atomic E-state index is 12.5. The number of carbonyl (C=O) groups is 1. The number of carbonyl (C=O) groups excluding carboxylic acids is 1. The summed E-state index contributed by atoms with van der Waals surface area (Å²) in [6, 6.07) is 5.87. The highest BCUT2D eigenvalue weighted by Crippen LogP contribution is 2.26. The Hall–Kier alpha value is -2.51. The van der Waals surface area contributed by atoms with Crippen LogP contribution in [0.5, 0.6) is 0 Å². The van der Waals surface area contributed by atoms with Crippen molar-refractivity contribution in [2.45, 2.75) is 31.7 Å². The van der Waals surface area contributed by atoms with E-state index in [0.717, 1.165) is 24.2 Å². The SMILES string of the molecule is Cn1cnnc1C1CCN(C(=O)NCc2ccc(C(F)F)cc2)CC1. The standard InChI is InChI=1S/C17H21F2N5O/c1-23-11-21-22-16(23)14-6-8-24(9-7-14)17(25)20-10-12-2-4-13(5-3-12)15(18)19/h2-5,11,14-15H,6-10H2,1H3,(H,20,25). The maximum Gasteiger partial charge on any atom is 0.317 e. The number of nitrogens with one attached hydrogen (secondary N) is 1. The third-order valence-electron chi connectivity index (χ3n) is 4.57. The van der Waals surface area contributed by atoms with Crippen molar-refractivity contribution in [3.63, 3.8) is 0 Å². The van der Waals surface area contributed by atoms with Gasteiger partial charge in [0.05, 0.1) is 0 Å². The fourth-order valence-corrected chi connectivity index (χ4v) is 3.07. The molecule has 0 aliphatic carbocycles. The molecule has 0 unspecified atom stereocenters. The summed E-state index contributed by atoms with van der Waals surface area (Å²) in [6.07, 6.45) is 0.915. The van der Waals surface area contributed by atoms with E-state index in [4.69, 9.17) is 0 Å². The van der Waals surface area contributed by atoms with Crippen molar-refractivity contribution in [3.05, 3.63) is 47.5 Å². The molecule has 6 nitrogen and oxygen atoms in total. The van der Waals surface area contributed by atoms with Crippen LogP contribution in [0.1, 0.15) is 42.1 Å². The second kappa shape index (κ2) is 7.58. The van der Waals surface area contributed by atoms with Gasteiger partial charge in [0.1, 0.15) is 12.2 Å². The molecule has 0 radical (unpaired) electrons. The molecule has 134 valence electrons. The molecule has 1 aromatic carbocycles. The predicted octanol–water partition coefficient (Wildman–Crippen LogP) is 2.84. The molecule has 1 fully saturated rings. The highest BCUT2D eigenvalue weighted by Gasteiger charge is 2.26. The molecule has 2 heterocycles. The van der Waals surface area contributed by atoms with Crippen molar-refractivity contribution < 1.29 is 13.6 Å². The van der Waals surface area contributed by atoms with Gasteiger partial charge in [-0.1, -0.05) is 24.3 Å². The van der Waals surface area contributed by atoms with Crippen molar-refractivity contribution in [2.75, 3.05) is 13.1 Å². The number of hydrogen-bond donors (Lipinski definition) is 1. The molecule has 2 aromatic rings. The van der Waals surface area contributed by atoms with Crippen LogP contribution < -0.4 is 5.32 Å². The Morgan fingerprint density at radius 3 is 2.52 bits per heavy atom. The Kier molecular flexibility index (Phi) is 5.25. The van der Waals surface area contributed by atoms with E-state index in [0.29, 0.717) is 25.6 Å². The number of hydrogen-bond acceptors (Lipinski definition) is 3. The maximum atomic E-state index is 12.5. The van der Waals surface area contributed by atoms with Gasteiger partial charge < -0.3 is 14.8 Å². The van der Waals surface area contributed by atoms with Gasteiger partial charge in [-0.25, -0.2) is 13.6 Å². The number of nitrogens with zero attached hydrogens (tertiary/aromatic N) is 4. The van der Waals surface area contributed by atoms with E-state index in [-0.39, 0.29) is 11.6 Å². The lowest BCUT2D eigenvalue weighted by atomic mass is 9.96. The molecule has 25 heavy (non-hydrogen) atoms. The van der Waals surface area contributed by atoms with Gasteiger partial charge in [-0.05, 0) is 18.4 Å². The lowest BCUT2D eigenvalue weighted by Gasteiger charge is -2.31. The number of rotatable bonds is 4. The van der Waals surface area contributed by atoms with Crippen LogP contribution in [0.25, 0.3) is 0 Å². The Morgan fingerprint density at radius 1 is 1.28 bits per heavy atom. The van der Waals surface area contributed by atoms with Crippen molar-refractivity contribution in [1.82, 2.24) is 25.0 Å². The number of benzene rings is 1. The summed E-state index contributed by atoms with van der Waals surface area (Å²) in [6.45, 7) is 1.65. The average molecular weight is 349 g/mol. The number of urea groups is 1. The summed E-state index contributed by atoms with van der Waals surface area (Å²) in [5, 5.41) is 10.9. The topological polar surface area (TPSA) is 63.1 Å². The number of halogens is 2. The summed E-state index contributed by atoms with van der Waals surface area (Å²) in [5.41, 5.74) is 0.785. The average Bonchev–Trinajstić information content (AvgIpc) is 3.06. The summed E-state index contributed by atoms with van der Waals surface area (Å²) >= 11 is 0. The molecule has 2 amide bonds. The zero-order chi connectivity index (χ0) is 17.8. The van der Waals surface area contributed by atoms with Gasteiger partial charge in [0.15, 0.2) is 0 Å². The van der Waals surface area contributed by atoms with E-state index in [9.17, 15) is 13.6 Å². The Labute approximate surface area is 144 Å². The fourth-order valence-electron chi connectivity index (χ4n) is 3.07. The highest BCUT2D eigenvalue weighted by molar-refractivity contribution is 5.74. The van der Waals surface area contributed by atoms with Gasteiger partial charge >= 0.3 is 6.03 Å². The van der Waals surface area contributed by atoms with Crippen molar-refractivity contribution >= 4 is 6.03 Å². The molecule has 1 aromatic heterocycles. The molecular weight excluding hydrogens is 328 g/mol. The zero-order valence-electron chi connectivity index (χ0n) is 14.0. The van der Waals surface area contributed by atoms with E-state index < -0.39 is 6.43 Å². The van der Waals surface area contributed by atoms with E-state index in [2.05, 4.69) is 15.5 Å². The summed E-state index contributed by atoms with van der Waals surface area (Å²) in [5.74, 6) is 1.28. The Morgan fingerprint density at radius 2 is 1.96 bits per heavy atom. The first-order chi connectivity index (χ1) is 12.0. The van der Waals surface area contributed by atoms with E-state index in [1.165, 1.54) is 12.1 Å². The summed E-state index contributed by atoms with van der Waals surface area (Å²) < 4.78 is 27.0. The van der Waals surface area contributed by atoms with E-state index >= 15 is 0 Å². The third kappa shape index (κ3) is 4.12. The van der Waals surface area contributed by atoms with Crippen LogP contribution in [0.4, 0.5) is 13.6 Å². The van der Waals surface area contributed by atoms with Gasteiger partial charge in [0.25, 0.3) is 6.43 Å². The minimum atomic E-state index is -2.47. The van der Waals surface area contributed by atoms with Crippen LogP contribution in [-0.2, 0) is 13.6 Å². The van der Waals surface area contributed by atoms with Crippen molar-refractivity contribution in [2.24, 2.45) is 7.05 Å². The van der Waals surface area contributed by atoms with Crippen LogP contribution >= 0.6 is 0 Å². The molecular formula is C17H21F2N5O. The number of alkyl halides is 2. The first-order valence-electron chi connectivity index (χ1n) is 8.28. The molecule has 1 N–H and O–H groups in total. The molecule has 0 bridgehead atoms. The normalized spacial score (nSPS) is 15.6. The second-order valence-corrected chi connectivity index (χ2v) is 6.26. The third-order valence-corrected chi connectivity index (χ3v) is 4.57. The summed E-state index contributed by atoms with van der Waals surface area (Å²) in [7, 11) is 1.92. The fraction of sp³-hybridized carbons (Fsp3) is 0.471. The largest absolute Gasteiger partial charge is 0.334 e. The van der Waals surface area contributed by atoms with Crippen LogP contribution in [0.15, 0.2) is 30.6 Å². The zero-order valence-corrected chi connectivity index (χ0v) is 14.0. The minimum absolute atomic E-state index is 0.0130. The van der Waals surface area contributed by atoms with Crippen LogP contribution in [0.2, 0.25) is 0 Å². The van der Waals surface area contributed by atoms with E-state index in [1.54, 1.807) is 23.4 Å². The van der Waals surface area contributed by atoms with Gasteiger partial charge in [0, 0.05) is 38.2 Å². The summed E-state index contributed by atoms with van der Waals surface area (Å²) in [4.78, 5) is 14.0. The number of amides is 2. The molecule has 0 spiro atoms. The quantitative estimate of drug-likeness (QED) is 0.923. The lowest BCUT2D eigenvalue weighted by Crippen LogP contribution is -2.44. The minimum Gasteiger partial charge on any atom is -0.334 e. The lowest BCUT2D eigenvalue weighted by molar-refractivity contribution is 0.151. The Bertz CT molecular complexity index is 708. The smallest absolute Gasteiger partial charge is 0.317 e. The first-order valence-corrected chi connectivity index (χ1v) is 8.28. The van der Waals surface area contributed by atoms with Crippen molar-refractivity contribution in [1.29, 1.82) is 0 Å².